The number of aliphatic hydroxyl groups excluding tert-OH is 1. The van der Waals surface area contributed by atoms with Crippen molar-refractivity contribution in [2.75, 3.05) is 13.2 Å². The maximum absolute atomic E-state index is 14.6. The predicted octanol–water partition coefficient (Wildman–Crippen LogP) is 5.88. The molecule has 0 bridgehead atoms. The lowest BCUT2D eigenvalue weighted by Crippen LogP contribution is -2.59. The lowest BCUT2D eigenvalue weighted by Gasteiger charge is -2.40. The third-order valence-electron chi connectivity index (χ3n) is 9.05. The molecule has 0 unspecified atom stereocenters. The van der Waals surface area contributed by atoms with E-state index in [-0.39, 0.29) is 29.5 Å². The molecule has 2 amide bonds. The van der Waals surface area contributed by atoms with Crippen LogP contribution in [-0.4, -0.2) is 53.7 Å². The van der Waals surface area contributed by atoms with Crippen molar-refractivity contribution >= 4 is 23.4 Å². The third kappa shape index (κ3) is 9.15. The van der Waals surface area contributed by atoms with E-state index in [0.29, 0.717) is 12.8 Å². The molecule has 5 aromatic rings. The zero-order valence-corrected chi connectivity index (χ0v) is 29.5. The van der Waals surface area contributed by atoms with Gasteiger partial charge in [-0.25, -0.2) is 0 Å². The quantitative estimate of drug-likeness (QED) is 0.0712. The monoisotopic (exact) mass is 695 g/mol. The van der Waals surface area contributed by atoms with Gasteiger partial charge in [0.2, 0.25) is 11.8 Å². The fourth-order valence-electron chi connectivity index (χ4n) is 6.55. The molecule has 266 valence electrons. The number of benzene rings is 5. The summed E-state index contributed by atoms with van der Waals surface area (Å²) in [6.07, 6.45) is 0.649. The summed E-state index contributed by atoms with van der Waals surface area (Å²) >= 11 is 0. The van der Waals surface area contributed by atoms with Gasteiger partial charge in [-0.3, -0.25) is 24.5 Å². The summed E-state index contributed by atoms with van der Waals surface area (Å²) < 4.78 is 0. The second kappa shape index (κ2) is 18.0. The number of Topliss-reactive ketones (excluding diaryl/α,β-unsaturated/α-hetero) is 2. The van der Waals surface area contributed by atoms with Crippen LogP contribution in [0.25, 0.3) is 0 Å². The summed E-state index contributed by atoms with van der Waals surface area (Å²) in [6, 6.07) is 44.2. The van der Waals surface area contributed by atoms with Gasteiger partial charge in [0.25, 0.3) is 0 Å². The van der Waals surface area contributed by atoms with Crippen molar-refractivity contribution in [2.24, 2.45) is 5.92 Å². The maximum Gasteiger partial charge on any atom is 0.242 e. The third-order valence-corrected chi connectivity index (χ3v) is 9.05. The summed E-state index contributed by atoms with van der Waals surface area (Å²) in [5.74, 6) is -1.92. The SMILES string of the molecule is CC(C)C[C@H](NC(=O)[C@H](Cc1ccccc1)NC(c1ccccc1)(c1ccccc1)c1ccccc1)C(=O)NCC(=O)c1ccccc1C(=O)CO. The number of carbonyl (C=O) groups is 4. The first-order valence-corrected chi connectivity index (χ1v) is 17.6. The van der Waals surface area contributed by atoms with Gasteiger partial charge in [0, 0.05) is 11.1 Å². The predicted molar refractivity (Wildman–Crippen MR) is 203 cm³/mol. The van der Waals surface area contributed by atoms with E-state index in [4.69, 9.17) is 0 Å². The molecule has 8 heteroatoms. The van der Waals surface area contributed by atoms with Crippen molar-refractivity contribution in [3.05, 3.63) is 179 Å². The van der Waals surface area contributed by atoms with E-state index in [1.54, 1.807) is 12.1 Å². The van der Waals surface area contributed by atoms with E-state index in [9.17, 15) is 24.3 Å². The fourth-order valence-corrected chi connectivity index (χ4v) is 6.55. The number of carbonyl (C=O) groups excluding carboxylic acids is 4. The Kier molecular flexibility index (Phi) is 13.0. The number of nitrogens with one attached hydrogen (secondary N) is 3. The standard InChI is InChI=1S/C44H45N3O5/c1-31(2)27-38(42(51)45-29-40(49)36-25-15-16-26-37(36)41(50)30-48)46-43(52)39(28-32-17-7-3-8-18-32)47-44(33-19-9-4-10-20-33,34-21-11-5-12-22-34)35-23-13-6-14-24-35/h3-26,31,38-39,47-48H,27-30H2,1-2H3,(H,45,51)(H,46,52)/t38-,39-/m0/s1. The van der Waals surface area contributed by atoms with Crippen LogP contribution in [0.3, 0.4) is 0 Å². The number of amides is 2. The Hall–Kier alpha value is -5.70. The van der Waals surface area contributed by atoms with Crippen LogP contribution >= 0.6 is 0 Å². The van der Waals surface area contributed by atoms with Crippen LogP contribution in [0.15, 0.2) is 146 Å². The van der Waals surface area contributed by atoms with Crippen molar-refractivity contribution in [3.8, 4) is 0 Å². The molecule has 0 radical (unpaired) electrons. The lowest BCUT2D eigenvalue weighted by molar-refractivity contribution is -0.130. The minimum atomic E-state index is -0.956. The molecule has 0 heterocycles. The normalized spacial score (nSPS) is 12.5. The van der Waals surface area contributed by atoms with Crippen LogP contribution < -0.4 is 16.0 Å². The summed E-state index contributed by atoms with van der Waals surface area (Å²) in [5, 5.41) is 18.9. The molecular weight excluding hydrogens is 651 g/mol. The van der Waals surface area contributed by atoms with E-state index in [1.165, 1.54) is 12.1 Å². The van der Waals surface area contributed by atoms with Gasteiger partial charge in [-0.05, 0) is 41.0 Å². The Labute approximate surface area is 305 Å². The van der Waals surface area contributed by atoms with Gasteiger partial charge in [0.05, 0.1) is 18.1 Å². The second-order valence-corrected chi connectivity index (χ2v) is 13.2. The molecule has 0 fully saturated rings. The molecule has 0 spiro atoms. The molecule has 0 saturated heterocycles. The highest BCUT2D eigenvalue weighted by Gasteiger charge is 2.40. The number of hydrogen-bond donors (Lipinski definition) is 4. The Morgan fingerprint density at radius 2 is 1.02 bits per heavy atom. The minimum Gasteiger partial charge on any atom is -0.388 e. The van der Waals surface area contributed by atoms with Crippen molar-refractivity contribution in [1.82, 2.24) is 16.0 Å². The van der Waals surface area contributed by atoms with E-state index in [0.717, 1.165) is 22.3 Å². The summed E-state index contributed by atoms with van der Waals surface area (Å²) in [7, 11) is 0. The zero-order valence-electron chi connectivity index (χ0n) is 29.5. The molecule has 8 nitrogen and oxygen atoms in total. The smallest absolute Gasteiger partial charge is 0.242 e. The van der Waals surface area contributed by atoms with E-state index >= 15 is 0 Å². The first kappa shape index (κ1) is 37.6. The molecule has 0 saturated carbocycles. The van der Waals surface area contributed by atoms with Gasteiger partial charge in [0.15, 0.2) is 11.6 Å². The van der Waals surface area contributed by atoms with Gasteiger partial charge in [0.1, 0.15) is 12.6 Å². The molecule has 0 aromatic heterocycles. The average Bonchev–Trinajstić information content (AvgIpc) is 3.19. The Morgan fingerprint density at radius 3 is 1.48 bits per heavy atom. The Balaban J connectivity index is 1.49. The zero-order chi connectivity index (χ0) is 36.9. The Bertz CT molecular complexity index is 1840. The highest BCUT2D eigenvalue weighted by molar-refractivity contribution is 6.10. The molecule has 0 aliphatic rings. The Morgan fingerprint density at radius 1 is 0.577 bits per heavy atom. The van der Waals surface area contributed by atoms with E-state index in [1.807, 2.05) is 135 Å². The molecule has 5 rings (SSSR count). The first-order valence-electron chi connectivity index (χ1n) is 17.6. The number of aliphatic hydroxyl groups is 1. The highest BCUT2D eigenvalue weighted by atomic mass is 16.3. The average molecular weight is 696 g/mol. The lowest BCUT2D eigenvalue weighted by atomic mass is 9.76. The van der Waals surface area contributed by atoms with Crippen molar-refractivity contribution < 1.29 is 24.3 Å². The van der Waals surface area contributed by atoms with Crippen molar-refractivity contribution in [2.45, 2.75) is 44.3 Å². The van der Waals surface area contributed by atoms with Gasteiger partial charge in [-0.1, -0.05) is 159 Å². The topological polar surface area (TPSA) is 125 Å². The molecule has 0 aliphatic carbocycles. The number of ketones is 2. The fraction of sp³-hybridized carbons (Fsp3) is 0.227. The molecule has 5 aromatic carbocycles. The van der Waals surface area contributed by atoms with E-state index in [2.05, 4.69) is 16.0 Å². The molecule has 4 N–H and O–H groups in total. The maximum atomic E-state index is 14.6. The minimum absolute atomic E-state index is 0.0345. The van der Waals surface area contributed by atoms with Gasteiger partial charge < -0.3 is 15.7 Å². The van der Waals surface area contributed by atoms with Crippen LogP contribution in [0.2, 0.25) is 0 Å². The number of hydrogen-bond acceptors (Lipinski definition) is 6. The highest BCUT2D eigenvalue weighted by Crippen LogP contribution is 2.37. The van der Waals surface area contributed by atoms with Gasteiger partial charge in [-0.15, -0.1) is 0 Å². The van der Waals surface area contributed by atoms with Gasteiger partial charge in [-0.2, -0.15) is 0 Å². The van der Waals surface area contributed by atoms with Crippen LogP contribution in [0, 0.1) is 5.92 Å². The van der Waals surface area contributed by atoms with Crippen LogP contribution in [0.4, 0.5) is 0 Å². The van der Waals surface area contributed by atoms with Crippen LogP contribution in [-0.2, 0) is 21.5 Å². The molecule has 52 heavy (non-hydrogen) atoms. The molecular formula is C44H45N3O5. The summed E-state index contributed by atoms with van der Waals surface area (Å²) in [5.41, 5.74) is 2.99. The first-order chi connectivity index (χ1) is 25.2. The van der Waals surface area contributed by atoms with Crippen molar-refractivity contribution in [3.63, 3.8) is 0 Å². The molecule has 2 atom stereocenters. The van der Waals surface area contributed by atoms with Gasteiger partial charge >= 0.3 is 0 Å². The number of rotatable bonds is 17. The summed E-state index contributed by atoms with van der Waals surface area (Å²) in [4.78, 5) is 53.8. The summed E-state index contributed by atoms with van der Waals surface area (Å²) in [6.45, 7) is 2.79. The van der Waals surface area contributed by atoms with Crippen molar-refractivity contribution in [1.29, 1.82) is 0 Å². The van der Waals surface area contributed by atoms with E-state index < -0.39 is 41.7 Å². The second-order valence-electron chi connectivity index (χ2n) is 13.2. The van der Waals surface area contributed by atoms with Crippen LogP contribution in [0.5, 0.6) is 0 Å². The largest absolute Gasteiger partial charge is 0.388 e. The van der Waals surface area contributed by atoms with Crippen LogP contribution in [0.1, 0.15) is 63.2 Å². The molecule has 0 aliphatic heterocycles.